The monoisotopic (exact) mass is 263 g/mol. The zero-order valence-corrected chi connectivity index (χ0v) is 10.3. The number of thioether (sulfide) groups is 1. The molecule has 7 nitrogen and oxygen atoms in total. The van der Waals surface area contributed by atoms with Crippen molar-refractivity contribution >= 4 is 23.7 Å². The molecule has 2 rings (SSSR count). The van der Waals surface area contributed by atoms with Crippen LogP contribution < -0.4 is 5.32 Å². The normalized spacial score (nSPS) is 16.9. The number of carbonyl (C=O) groups excluding carboxylic acids is 2. The minimum atomic E-state index is -0.622. The first kappa shape index (κ1) is 12.3. The molecule has 0 aliphatic carbocycles. The Bertz CT molecular complexity index is 524. The molecule has 0 saturated carbocycles. The predicted molar refractivity (Wildman–Crippen MR) is 62.8 cm³/mol. The molecule has 92 valence electrons. The van der Waals surface area contributed by atoms with Crippen LogP contribution >= 0.6 is 11.8 Å². The molecule has 1 N–H and O–H groups in total. The molecule has 1 fully saturated rings. The van der Waals surface area contributed by atoms with Crippen LogP contribution in [0, 0.1) is 11.3 Å². The van der Waals surface area contributed by atoms with E-state index < -0.39 is 18.0 Å². The number of nitrogens with zero attached hydrogens (tertiary/aromatic N) is 4. The number of urea groups is 1. The van der Waals surface area contributed by atoms with Crippen molar-refractivity contribution in [2.24, 2.45) is 0 Å². The van der Waals surface area contributed by atoms with E-state index in [-0.39, 0.29) is 5.69 Å². The molecular weight excluding hydrogens is 254 g/mol. The predicted octanol–water partition coefficient (Wildman–Crippen LogP) is 0.256. The van der Waals surface area contributed by atoms with Gasteiger partial charge in [-0.05, 0) is 18.4 Å². The lowest BCUT2D eigenvalue weighted by Gasteiger charge is -2.03. The van der Waals surface area contributed by atoms with Gasteiger partial charge in [0.15, 0.2) is 5.69 Å². The van der Waals surface area contributed by atoms with Crippen LogP contribution in [-0.4, -0.2) is 45.9 Å². The maximum absolute atomic E-state index is 11.6. The lowest BCUT2D eigenvalue weighted by molar-refractivity contribution is 0.0954. The second-order valence-corrected chi connectivity index (χ2v) is 4.34. The van der Waals surface area contributed by atoms with Gasteiger partial charge >= 0.3 is 6.03 Å². The molecule has 1 saturated heterocycles. The van der Waals surface area contributed by atoms with E-state index in [4.69, 9.17) is 5.26 Å². The van der Waals surface area contributed by atoms with E-state index in [9.17, 15) is 9.59 Å². The number of amides is 3. The van der Waals surface area contributed by atoms with E-state index in [1.807, 2.05) is 12.3 Å². The van der Waals surface area contributed by atoms with Gasteiger partial charge < -0.3 is 4.90 Å². The van der Waals surface area contributed by atoms with E-state index >= 15 is 0 Å². The highest BCUT2D eigenvalue weighted by Crippen LogP contribution is 2.15. The fourth-order valence-electron chi connectivity index (χ4n) is 1.26. The first-order valence-electron chi connectivity index (χ1n) is 5.05. The molecule has 1 aliphatic rings. The zero-order valence-electron chi connectivity index (χ0n) is 9.45. The number of aromatic nitrogens is 2. The lowest BCUT2D eigenvalue weighted by Crippen LogP contribution is -2.35. The maximum Gasteiger partial charge on any atom is 0.325 e. The Labute approximate surface area is 107 Å². The molecule has 0 spiro atoms. The fourth-order valence-corrected chi connectivity index (χ4v) is 1.58. The van der Waals surface area contributed by atoms with Gasteiger partial charge in [-0.1, -0.05) is 0 Å². The van der Waals surface area contributed by atoms with Crippen molar-refractivity contribution in [3.63, 3.8) is 0 Å². The highest BCUT2D eigenvalue weighted by molar-refractivity contribution is 7.98. The van der Waals surface area contributed by atoms with Gasteiger partial charge in [0.05, 0.1) is 12.6 Å². The van der Waals surface area contributed by atoms with Crippen LogP contribution in [0.15, 0.2) is 17.2 Å². The minimum Gasteiger partial charge on any atom is -0.303 e. The summed E-state index contributed by atoms with van der Waals surface area (Å²) in [5.41, 5.74) is 0.0662. The first-order chi connectivity index (χ1) is 8.65. The van der Waals surface area contributed by atoms with Crippen molar-refractivity contribution in [2.45, 2.75) is 11.1 Å². The highest BCUT2D eigenvalue weighted by atomic mass is 32.2. The van der Waals surface area contributed by atoms with Gasteiger partial charge in [-0.25, -0.2) is 4.79 Å². The maximum atomic E-state index is 11.6. The van der Waals surface area contributed by atoms with Crippen molar-refractivity contribution in [3.8, 4) is 6.07 Å². The lowest BCUT2D eigenvalue weighted by atomic mass is 10.4. The smallest absolute Gasteiger partial charge is 0.303 e. The van der Waals surface area contributed by atoms with E-state index in [0.29, 0.717) is 11.6 Å². The number of hydrogen-bond donors (Lipinski definition) is 1. The van der Waals surface area contributed by atoms with Gasteiger partial charge in [0.1, 0.15) is 11.1 Å². The molecular formula is C10H9N5O2S. The SMILES string of the molecule is CSc1ccc(C(=O)NC(=O)N2CC2C#N)nn1. The van der Waals surface area contributed by atoms with Crippen LogP contribution in [0.25, 0.3) is 0 Å². The second-order valence-electron chi connectivity index (χ2n) is 3.52. The first-order valence-corrected chi connectivity index (χ1v) is 6.27. The second kappa shape index (κ2) is 5.01. The summed E-state index contributed by atoms with van der Waals surface area (Å²) in [6.07, 6.45) is 1.84. The summed E-state index contributed by atoms with van der Waals surface area (Å²) in [5, 5.41) is 18.9. The Balaban J connectivity index is 1.95. The topological polar surface area (TPSA) is 98.8 Å². The van der Waals surface area contributed by atoms with Crippen LogP contribution in [0.3, 0.4) is 0 Å². The van der Waals surface area contributed by atoms with Gasteiger partial charge in [-0.15, -0.1) is 22.0 Å². The zero-order chi connectivity index (χ0) is 13.1. The van der Waals surface area contributed by atoms with E-state index in [1.165, 1.54) is 22.7 Å². The largest absolute Gasteiger partial charge is 0.325 e. The summed E-state index contributed by atoms with van der Waals surface area (Å²) in [4.78, 5) is 24.4. The van der Waals surface area contributed by atoms with Crippen molar-refractivity contribution in [3.05, 3.63) is 17.8 Å². The van der Waals surface area contributed by atoms with E-state index in [1.54, 1.807) is 6.07 Å². The Morgan fingerprint density at radius 3 is 2.83 bits per heavy atom. The van der Waals surface area contributed by atoms with Crippen molar-refractivity contribution in [1.29, 1.82) is 5.26 Å². The Morgan fingerprint density at radius 2 is 2.33 bits per heavy atom. The van der Waals surface area contributed by atoms with Crippen LogP contribution in [0.2, 0.25) is 0 Å². The third-order valence-electron chi connectivity index (χ3n) is 2.32. The molecule has 8 heteroatoms. The van der Waals surface area contributed by atoms with Crippen LogP contribution in [0.5, 0.6) is 0 Å². The van der Waals surface area contributed by atoms with Gasteiger partial charge in [-0.2, -0.15) is 5.26 Å². The number of nitrogens with one attached hydrogen (secondary N) is 1. The van der Waals surface area contributed by atoms with Crippen LogP contribution in [0.4, 0.5) is 4.79 Å². The summed E-state index contributed by atoms with van der Waals surface area (Å²) >= 11 is 1.40. The molecule has 1 aromatic rings. The highest BCUT2D eigenvalue weighted by Gasteiger charge is 2.39. The number of carbonyl (C=O) groups is 2. The third-order valence-corrected chi connectivity index (χ3v) is 2.96. The fraction of sp³-hybridized carbons (Fsp3) is 0.300. The van der Waals surface area contributed by atoms with Crippen molar-refractivity contribution in [2.75, 3.05) is 12.8 Å². The molecule has 0 radical (unpaired) electrons. The molecule has 1 aromatic heterocycles. The summed E-state index contributed by atoms with van der Waals surface area (Å²) in [5.74, 6) is -0.622. The third kappa shape index (κ3) is 2.57. The molecule has 1 atom stereocenters. The van der Waals surface area contributed by atoms with Gasteiger partial charge in [0, 0.05) is 0 Å². The van der Waals surface area contributed by atoms with Gasteiger partial charge in [0.25, 0.3) is 5.91 Å². The van der Waals surface area contributed by atoms with Crippen molar-refractivity contribution < 1.29 is 9.59 Å². The Kier molecular flexibility index (Phi) is 3.43. The number of imide groups is 1. The van der Waals surface area contributed by atoms with Gasteiger partial charge in [-0.3, -0.25) is 10.1 Å². The van der Waals surface area contributed by atoms with Crippen molar-refractivity contribution in [1.82, 2.24) is 20.4 Å². The average molecular weight is 263 g/mol. The molecule has 18 heavy (non-hydrogen) atoms. The summed E-state index contributed by atoms with van der Waals surface area (Å²) < 4.78 is 0. The summed E-state index contributed by atoms with van der Waals surface area (Å²) in [6, 6.07) is 4.05. The van der Waals surface area contributed by atoms with Crippen LogP contribution in [0.1, 0.15) is 10.5 Å². The molecule has 3 amide bonds. The number of rotatable bonds is 2. The van der Waals surface area contributed by atoms with Gasteiger partial charge in [0.2, 0.25) is 0 Å². The Hall–Kier alpha value is -2.14. The van der Waals surface area contributed by atoms with E-state index in [2.05, 4.69) is 15.5 Å². The standard InChI is InChI=1S/C10H9N5O2S/c1-18-8-3-2-7(13-14-8)9(16)12-10(17)15-5-6(15)4-11/h2-3,6H,5H2,1H3,(H,12,16,17). The molecule has 2 heterocycles. The summed E-state index contributed by atoms with van der Waals surface area (Å²) in [6.45, 7) is 0.354. The molecule has 0 bridgehead atoms. The number of hydrogen-bond acceptors (Lipinski definition) is 6. The number of nitriles is 1. The van der Waals surface area contributed by atoms with Crippen LogP contribution in [-0.2, 0) is 0 Å². The molecule has 0 aromatic carbocycles. The minimum absolute atomic E-state index is 0.0662. The molecule has 1 aliphatic heterocycles. The quantitative estimate of drug-likeness (QED) is 0.607. The Morgan fingerprint density at radius 1 is 1.56 bits per heavy atom. The van der Waals surface area contributed by atoms with E-state index in [0.717, 1.165) is 0 Å². The summed E-state index contributed by atoms with van der Waals surface area (Å²) in [7, 11) is 0. The molecule has 1 unspecified atom stereocenters. The average Bonchev–Trinajstić information content (AvgIpc) is 3.18.